The maximum Gasteiger partial charge on any atom is 2.00 e. The molecule has 0 saturated heterocycles. The molecule has 0 unspecified atom stereocenters. The first-order valence-electron chi connectivity index (χ1n) is 0. The maximum atomic E-state index is 0. The van der Waals surface area contributed by atoms with Crippen molar-refractivity contribution in [1.82, 2.24) is 0 Å². The third-order valence-electron chi connectivity index (χ3n) is 0. The Kier molecular flexibility index (Phi) is 266. The fraction of sp³-hybridized carbons (Fsp3) is 0. The zero-order valence-corrected chi connectivity index (χ0v) is 6.36. The fourth-order valence-corrected chi connectivity index (χ4v) is 0. The van der Waals surface area contributed by atoms with Crippen molar-refractivity contribution in [2.45, 2.75) is 0 Å². The molecule has 0 aliphatic carbocycles. The van der Waals surface area contributed by atoms with Crippen LogP contribution in [0, 0.1) is 0 Å². The van der Waals surface area contributed by atoms with E-state index in [0.29, 0.717) is 0 Å². The van der Waals surface area contributed by atoms with E-state index in [0.717, 1.165) is 0 Å². The number of hydrogen-bond acceptors (Lipinski definition) is 0. The molecule has 0 aliphatic rings. The minimum absolute atomic E-state index is 0. The van der Waals surface area contributed by atoms with Crippen molar-refractivity contribution >= 4 is 40.4 Å². The van der Waals surface area contributed by atoms with Crippen LogP contribution < -0.4 is 0 Å². The molecule has 0 fully saturated rings. The monoisotopic (exact) mass is 228 g/mol. The van der Waals surface area contributed by atoms with Crippen LogP contribution in [0.2, 0.25) is 0 Å². The fourth-order valence-electron chi connectivity index (χ4n) is 0. The zero-order valence-electron chi connectivity index (χ0n) is 3.73. The van der Waals surface area contributed by atoms with E-state index in [1.165, 1.54) is 0 Å². The van der Waals surface area contributed by atoms with Crippen molar-refractivity contribution in [3.8, 4) is 0 Å². The molecule has 5 heavy (non-hydrogen) atoms. The van der Waals surface area contributed by atoms with E-state index in [-0.39, 0.29) is 93.6 Å². The van der Waals surface area contributed by atoms with Crippen molar-refractivity contribution in [2.75, 3.05) is 0 Å². The molecule has 0 rings (SSSR count). The SMILES string of the molecule is [AlH3].[Co].[H-].[H-].[Mg+2].[Mn].[Ni]. The van der Waals surface area contributed by atoms with Crippen LogP contribution in [-0.4, -0.2) is 40.4 Å². The van der Waals surface area contributed by atoms with E-state index >= 15 is 0 Å². The Labute approximate surface area is 92.4 Å². The van der Waals surface area contributed by atoms with Crippen molar-refractivity contribution in [2.24, 2.45) is 0 Å². The molecular formula is H5AlCoMgMnNi. The molecule has 0 aliphatic heterocycles. The largest absolute Gasteiger partial charge is 2.00 e. The minimum atomic E-state index is 0. The van der Waals surface area contributed by atoms with Gasteiger partial charge in [0.05, 0.1) is 0 Å². The van der Waals surface area contributed by atoms with Gasteiger partial charge in [-0.05, 0) is 0 Å². The van der Waals surface area contributed by atoms with Crippen molar-refractivity contribution in [1.29, 1.82) is 0 Å². The van der Waals surface area contributed by atoms with Crippen molar-refractivity contribution in [3.05, 3.63) is 0 Å². The van der Waals surface area contributed by atoms with Gasteiger partial charge < -0.3 is 2.85 Å². The molecule has 0 aromatic heterocycles. The second kappa shape index (κ2) is 29.1. The van der Waals surface area contributed by atoms with Crippen LogP contribution in [-0.2, 0) is 50.3 Å². The average molecular weight is 229 g/mol. The first-order chi connectivity index (χ1) is 0. The van der Waals surface area contributed by atoms with Gasteiger partial charge in [-0.1, -0.05) is 0 Å². The van der Waals surface area contributed by atoms with Crippen LogP contribution in [0.4, 0.5) is 0 Å². The maximum absolute atomic E-state index is 0. The summed E-state index contributed by atoms with van der Waals surface area (Å²) >= 11 is 0. The molecule has 5 heteroatoms. The standard InChI is InChI=1S/Al.Co.Mg.Mn.Ni.5H/q;;+2;;;;;;2*-1. The van der Waals surface area contributed by atoms with E-state index in [4.69, 9.17) is 0 Å². The Balaban J connectivity index is 0. The van der Waals surface area contributed by atoms with E-state index in [9.17, 15) is 0 Å². The summed E-state index contributed by atoms with van der Waals surface area (Å²) in [7, 11) is 0. The Morgan fingerprint density at radius 3 is 1.20 bits per heavy atom. The van der Waals surface area contributed by atoms with Gasteiger partial charge in [0.25, 0.3) is 0 Å². The van der Waals surface area contributed by atoms with Crippen LogP contribution in [0.5, 0.6) is 0 Å². The summed E-state index contributed by atoms with van der Waals surface area (Å²) in [6.07, 6.45) is 0. The summed E-state index contributed by atoms with van der Waals surface area (Å²) in [6.45, 7) is 0. The normalized spacial score (nSPS) is 0. The smallest absolute Gasteiger partial charge is 1.00 e. The molecule has 0 aromatic carbocycles. The predicted molar refractivity (Wildman–Crippen MR) is 17.9 cm³/mol. The number of hydrogen-bond donors (Lipinski definition) is 0. The molecule has 0 amide bonds. The van der Waals surface area contributed by atoms with Gasteiger partial charge in [0.2, 0.25) is 0 Å². The Bertz CT molecular complexity index is 17.7. The second-order valence-electron chi connectivity index (χ2n) is 0. The van der Waals surface area contributed by atoms with Crippen LogP contribution in [0.1, 0.15) is 2.85 Å². The summed E-state index contributed by atoms with van der Waals surface area (Å²) in [5, 5.41) is 0. The predicted octanol–water partition coefficient (Wildman–Crippen LogP) is -1.35. The van der Waals surface area contributed by atoms with E-state index in [1.807, 2.05) is 0 Å². The van der Waals surface area contributed by atoms with Gasteiger partial charge in [0.1, 0.15) is 0 Å². The Morgan fingerprint density at radius 2 is 1.20 bits per heavy atom. The van der Waals surface area contributed by atoms with E-state index < -0.39 is 0 Å². The first-order valence-corrected chi connectivity index (χ1v) is 0. The summed E-state index contributed by atoms with van der Waals surface area (Å²) in [4.78, 5) is 0. The molecule has 0 spiro atoms. The average Bonchev–Trinajstić information content (AvgIpc) is 0. The molecule has 0 saturated carbocycles. The first kappa shape index (κ1) is 45.8. The molecular weight excluding hydrogens is 224 g/mol. The molecule has 0 N–H and O–H groups in total. The summed E-state index contributed by atoms with van der Waals surface area (Å²) in [6, 6.07) is 0. The molecule has 36 valence electrons. The number of rotatable bonds is 0. The van der Waals surface area contributed by atoms with Crippen LogP contribution in [0.3, 0.4) is 0 Å². The minimum Gasteiger partial charge on any atom is -1.00 e. The zero-order chi connectivity index (χ0) is 0. The van der Waals surface area contributed by atoms with Gasteiger partial charge in [-0.25, -0.2) is 0 Å². The van der Waals surface area contributed by atoms with E-state index in [1.54, 1.807) is 0 Å². The molecule has 0 heterocycles. The van der Waals surface area contributed by atoms with Gasteiger partial charge in [-0.2, -0.15) is 0 Å². The molecule has 0 atom stereocenters. The van der Waals surface area contributed by atoms with Crippen LogP contribution >= 0.6 is 0 Å². The molecule has 0 aromatic rings. The van der Waals surface area contributed by atoms with Gasteiger partial charge in [0, 0.05) is 50.3 Å². The van der Waals surface area contributed by atoms with Crippen LogP contribution in [0.15, 0.2) is 0 Å². The summed E-state index contributed by atoms with van der Waals surface area (Å²) in [5.74, 6) is 0. The molecule has 0 bridgehead atoms. The van der Waals surface area contributed by atoms with E-state index in [2.05, 4.69) is 0 Å². The topological polar surface area (TPSA) is 0 Å². The third kappa shape index (κ3) is 19.9. The van der Waals surface area contributed by atoms with Crippen molar-refractivity contribution < 1.29 is 53.2 Å². The quantitative estimate of drug-likeness (QED) is 0.450. The Morgan fingerprint density at radius 1 is 1.20 bits per heavy atom. The van der Waals surface area contributed by atoms with Gasteiger partial charge >= 0.3 is 23.1 Å². The van der Waals surface area contributed by atoms with Gasteiger partial charge in [0.15, 0.2) is 17.4 Å². The second-order valence-corrected chi connectivity index (χ2v) is 0. The summed E-state index contributed by atoms with van der Waals surface area (Å²) in [5.41, 5.74) is 0. The van der Waals surface area contributed by atoms with Crippen LogP contribution in [0.25, 0.3) is 0 Å². The summed E-state index contributed by atoms with van der Waals surface area (Å²) < 4.78 is 0. The Hall–Kier alpha value is 2.82. The van der Waals surface area contributed by atoms with Gasteiger partial charge in [-0.15, -0.1) is 0 Å². The van der Waals surface area contributed by atoms with Gasteiger partial charge in [-0.3, -0.25) is 0 Å². The third-order valence-corrected chi connectivity index (χ3v) is 0. The van der Waals surface area contributed by atoms with Crippen molar-refractivity contribution in [3.63, 3.8) is 0 Å². The molecule has 0 nitrogen and oxygen atoms in total. The molecule has 2 radical (unpaired) electrons.